The summed E-state index contributed by atoms with van der Waals surface area (Å²) in [5, 5.41) is 16.0. The first-order chi connectivity index (χ1) is 11.2. The van der Waals surface area contributed by atoms with Crippen molar-refractivity contribution in [2.75, 3.05) is 19.8 Å². The van der Waals surface area contributed by atoms with E-state index in [9.17, 15) is 4.79 Å². The van der Waals surface area contributed by atoms with E-state index in [0.29, 0.717) is 0 Å². The van der Waals surface area contributed by atoms with Gasteiger partial charge in [-0.05, 0) is 67.4 Å². The number of aliphatic hydroxyl groups excluding tert-OH is 2. The van der Waals surface area contributed by atoms with E-state index >= 15 is 0 Å². The molecule has 0 aromatic carbocycles. The standard InChI is InChI=1S/C10H16O.C6H14O2.C3H8O2/c1-9(2)5-4-6-10(3)7-8-11;1-4-7-6(3)8-5-2;1-3(5)2-4/h5,7-8H,4,6H2,1-3H3;6H,4-5H2,1-3H3;3-5H,2H2,1H3. The van der Waals surface area contributed by atoms with E-state index in [2.05, 4.69) is 19.9 Å². The molecule has 0 rings (SSSR count). The van der Waals surface area contributed by atoms with Crippen molar-refractivity contribution in [2.45, 2.75) is 73.7 Å². The number of ether oxygens (including phenoxy) is 2. The molecule has 0 aliphatic rings. The predicted molar refractivity (Wildman–Crippen MR) is 100.0 cm³/mol. The van der Waals surface area contributed by atoms with Crippen LogP contribution in [0.2, 0.25) is 0 Å². The molecule has 0 aliphatic carbocycles. The van der Waals surface area contributed by atoms with E-state index in [1.807, 2.05) is 27.7 Å². The largest absolute Gasteiger partial charge is 0.394 e. The molecule has 2 N–H and O–H groups in total. The Morgan fingerprint density at radius 1 is 1.08 bits per heavy atom. The van der Waals surface area contributed by atoms with Crippen LogP contribution in [-0.4, -0.2) is 48.7 Å². The highest BCUT2D eigenvalue weighted by atomic mass is 16.7. The highest BCUT2D eigenvalue weighted by Gasteiger charge is 1.94. The number of rotatable bonds is 9. The quantitative estimate of drug-likeness (QED) is 0.288. The van der Waals surface area contributed by atoms with E-state index < -0.39 is 6.10 Å². The summed E-state index contributed by atoms with van der Waals surface area (Å²) in [4.78, 5) is 10.0. The molecule has 0 saturated carbocycles. The Hall–Kier alpha value is -1.01. The van der Waals surface area contributed by atoms with Gasteiger partial charge in [0.1, 0.15) is 6.29 Å². The van der Waals surface area contributed by atoms with Crippen molar-refractivity contribution in [2.24, 2.45) is 0 Å². The van der Waals surface area contributed by atoms with Gasteiger partial charge < -0.3 is 19.7 Å². The monoisotopic (exact) mass is 346 g/mol. The fourth-order valence-electron chi connectivity index (χ4n) is 1.31. The Balaban J connectivity index is -0.000000298. The molecule has 24 heavy (non-hydrogen) atoms. The normalized spacial score (nSPS) is 11.7. The van der Waals surface area contributed by atoms with Crippen LogP contribution in [0.15, 0.2) is 23.3 Å². The molecule has 0 aromatic rings. The highest BCUT2D eigenvalue weighted by Crippen LogP contribution is 2.05. The molecule has 0 spiro atoms. The van der Waals surface area contributed by atoms with Crippen LogP contribution in [0.5, 0.6) is 0 Å². The second kappa shape index (κ2) is 22.0. The molecular formula is C19H38O5. The van der Waals surface area contributed by atoms with Crippen LogP contribution in [0.3, 0.4) is 0 Å². The van der Waals surface area contributed by atoms with Crippen LogP contribution in [-0.2, 0) is 14.3 Å². The third-order valence-electron chi connectivity index (χ3n) is 2.51. The van der Waals surface area contributed by atoms with Gasteiger partial charge in [-0.25, -0.2) is 0 Å². The van der Waals surface area contributed by atoms with Crippen molar-refractivity contribution < 1.29 is 24.5 Å². The second-order valence-electron chi connectivity index (χ2n) is 5.48. The second-order valence-corrected chi connectivity index (χ2v) is 5.48. The van der Waals surface area contributed by atoms with E-state index in [1.165, 1.54) is 12.5 Å². The maximum absolute atomic E-state index is 10.0. The van der Waals surface area contributed by atoms with Gasteiger partial charge in [-0.1, -0.05) is 17.2 Å². The molecule has 0 saturated heterocycles. The minimum atomic E-state index is -0.560. The number of hydrogen-bond acceptors (Lipinski definition) is 5. The lowest BCUT2D eigenvalue weighted by atomic mass is 10.1. The zero-order valence-corrected chi connectivity index (χ0v) is 16.5. The fraction of sp³-hybridized carbons (Fsp3) is 0.737. The molecule has 5 heteroatoms. The number of aliphatic hydroxyl groups is 2. The van der Waals surface area contributed by atoms with Crippen LogP contribution >= 0.6 is 0 Å². The van der Waals surface area contributed by atoms with E-state index in [1.54, 1.807) is 6.08 Å². The molecule has 0 heterocycles. The molecule has 0 amide bonds. The number of carbonyl (C=O) groups is 1. The Morgan fingerprint density at radius 3 is 1.83 bits per heavy atom. The first kappa shape index (κ1) is 27.8. The lowest BCUT2D eigenvalue weighted by molar-refractivity contribution is -0.123. The maximum atomic E-state index is 10.0. The average Bonchev–Trinajstić information content (AvgIpc) is 2.49. The minimum absolute atomic E-state index is 0.0370. The average molecular weight is 347 g/mol. The molecule has 5 nitrogen and oxygen atoms in total. The molecule has 1 atom stereocenters. The number of allylic oxidation sites excluding steroid dienone is 4. The molecule has 0 fully saturated rings. The Labute approximate surface area is 148 Å². The molecule has 1 unspecified atom stereocenters. The van der Waals surface area contributed by atoms with Gasteiger partial charge in [0.05, 0.1) is 12.7 Å². The summed E-state index contributed by atoms with van der Waals surface area (Å²) >= 11 is 0. The third-order valence-corrected chi connectivity index (χ3v) is 2.51. The fourth-order valence-corrected chi connectivity index (χ4v) is 1.31. The first-order valence-electron chi connectivity index (χ1n) is 8.51. The van der Waals surface area contributed by atoms with Crippen molar-refractivity contribution in [1.29, 1.82) is 0 Å². The molecule has 0 aliphatic heterocycles. The number of aldehydes is 1. The maximum Gasteiger partial charge on any atom is 0.154 e. The van der Waals surface area contributed by atoms with Gasteiger partial charge in [-0.15, -0.1) is 0 Å². The summed E-state index contributed by atoms with van der Waals surface area (Å²) in [6, 6.07) is 0. The SMILES string of the molecule is CC(C)=CCCC(C)=CC=O.CC(O)CO.CCOC(C)OCC. The van der Waals surface area contributed by atoms with Crippen LogP contribution in [0.25, 0.3) is 0 Å². The zero-order valence-electron chi connectivity index (χ0n) is 16.5. The predicted octanol–water partition coefficient (Wildman–Crippen LogP) is 3.64. The van der Waals surface area contributed by atoms with Crippen molar-refractivity contribution in [3.8, 4) is 0 Å². The van der Waals surface area contributed by atoms with Crippen LogP contribution in [0, 0.1) is 0 Å². The molecule has 0 bridgehead atoms. The molecule has 0 aromatic heterocycles. The minimum Gasteiger partial charge on any atom is -0.394 e. The Kier molecular flexibility index (Phi) is 25.5. The Bertz CT molecular complexity index is 312. The number of hydrogen-bond donors (Lipinski definition) is 2. The van der Waals surface area contributed by atoms with Gasteiger partial charge in [0.2, 0.25) is 0 Å². The summed E-state index contributed by atoms with van der Waals surface area (Å²) < 4.78 is 10.1. The van der Waals surface area contributed by atoms with E-state index in [0.717, 1.165) is 37.9 Å². The smallest absolute Gasteiger partial charge is 0.154 e. The molecular weight excluding hydrogens is 308 g/mol. The number of carbonyl (C=O) groups excluding carboxylic acids is 1. The summed E-state index contributed by atoms with van der Waals surface area (Å²) in [6.07, 6.45) is 6.08. The topological polar surface area (TPSA) is 76.0 Å². The van der Waals surface area contributed by atoms with Gasteiger partial charge in [0, 0.05) is 13.2 Å². The van der Waals surface area contributed by atoms with Gasteiger partial charge in [-0.3, -0.25) is 4.79 Å². The van der Waals surface area contributed by atoms with Crippen LogP contribution in [0.1, 0.15) is 61.3 Å². The Morgan fingerprint density at radius 2 is 1.54 bits per heavy atom. The van der Waals surface area contributed by atoms with Gasteiger partial charge in [0.15, 0.2) is 6.29 Å². The van der Waals surface area contributed by atoms with Gasteiger partial charge in [0.25, 0.3) is 0 Å². The van der Waals surface area contributed by atoms with Crippen LogP contribution < -0.4 is 0 Å². The van der Waals surface area contributed by atoms with E-state index in [-0.39, 0.29) is 12.9 Å². The summed E-state index contributed by atoms with van der Waals surface area (Å²) in [6.45, 7) is 14.8. The molecule has 144 valence electrons. The van der Waals surface area contributed by atoms with Gasteiger partial charge >= 0.3 is 0 Å². The van der Waals surface area contributed by atoms with Crippen LogP contribution in [0.4, 0.5) is 0 Å². The third kappa shape index (κ3) is 32.8. The highest BCUT2D eigenvalue weighted by molar-refractivity contribution is 5.65. The first-order valence-corrected chi connectivity index (χ1v) is 8.51. The molecule has 0 radical (unpaired) electrons. The summed E-state index contributed by atoms with van der Waals surface area (Å²) in [5.41, 5.74) is 2.49. The summed E-state index contributed by atoms with van der Waals surface area (Å²) in [5.74, 6) is 0. The lowest BCUT2D eigenvalue weighted by Crippen LogP contribution is -2.11. The van der Waals surface area contributed by atoms with E-state index in [4.69, 9.17) is 19.7 Å². The van der Waals surface area contributed by atoms with Gasteiger partial charge in [-0.2, -0.15) is 0 Å². The van der Waals surface area contributed by atoms with Crippen molar-refractivity contribution in [3.63, 3.8) is 0 Å². The summed E-state index contributed by atoms with van der Waals surface area (Å²) in [7, 11) is 0. The zero-order chi connectivity index (χ0) is 19.4. The lowest BCUT2D eigenvalue weighted by Gasteiger charge is -2.09. The van der Waals surface area contributed by atoms with Crippen molar-refractivity contribution in [1.82, 2.24) is 0 Å². The van der Waals surface area contributed by atoms with Crippen molar-refractivity contribution >= 4 is 6.29 Å². The van der Waals surface area contributed by atoms with Crippen molar-refractivity contribution in [3.05, 3.63) is 23.3 Å².